The van der Waals surface area contributed by atoms with E-state index in [-0.39, 0.29) is 0 Å². The summed E-state index contributed by atoms with van der Waals surface area (Å²) in [6.45, 7) is 0. The fraction of sp³-hybridized carbons (Fsp3) is 0. The van der Waals surface area contributed by atoms with Gasteiger partial charge < -0.3 is 4.90 Å². The first-order chi connectivity index (χ1) is 29.7. The molecule has 2 heteroatoms. The number of fused-ring (bicyclic) bond motifs is 10. The summed E-state index contributed by atoms with van der Waals surface area (Å²) in [5.74, 6) is 0. The zero-order valence-corrected chi connectivity index (χ0v) is 33.5. The second-order valence-corrected chi connectivity index (χ2v) is 16.7. The summed E-state index contributed by atoms with van der Waals surface area (Å²) in [6.07, 6.45) is 0. The molecule has 11 aromatic carbocycles. The van der Waals surface area contributed by atoms with Crippen LogP contribution in [-0.2, 0) is 0 Å². The van der Waals surface area contributed by atoms with Crippen LogP contribution in [0.4, 0.5) is 17.1 Å². The summed E-state index contributed by atoms with van der Waals surface area (Å²) in [5, 5.41) is 12.8. The van der Waals surface area contributed by atoms with Crippen LogP contribution in [0.1, 0.15) is 0 Å². The number of hydrogen-bond acceptors (Lipinski definition) is 2. The Morgan fingerprint density at radius 3 is 1.60 bits per heavy atom. The van der Waals surface area contributed by atoms with Crippen LogP contribution in [0.5, 0.6) is 0 Å². The van der Waals surface area contributed by atoms with Gasteiger partial charge in [-0.25, -0.2) is 0 Å². The highest BCUT2D eigenvalue weighted by Gasteiger charge is 2.20. The standard InChI is InChI=1S/C58H37NS/c1-2-19-46-39(13-1)14-11-25-47(46)43-17-9-15-40(35-43)41-16-10-18-45(36-41)59(55-26-12-28-57-58(55)53-24-7-8-27-56(53)60-57)44-32-29-38(30-33-44)42-31-34-52-50-22-4-3-20-48(50)49-21-5-6-23-51(49)54(52)37-42/h1-37H. The highest BCUT2D eigenvalue weighted by Crippen LogP contribution is 2.46. The molecule has 1 heterocycles. The molecule has 12 rings (SSSR count). The molecule has 1 nitrogen and oxygen atoms in total. The summed E-state index contributed by atoms with van der Waals surface area (Å²) in [6, 6.07) is 82.5. The highest BCUT2D eigenvalue weighted by atomic mass is 32.1. The van der Waals surface area contributed by atoms with Crippen LogP contribution in [0, 0.1) is 0 Å². The van der Waals surface area contributed by atoms with Crippen LogP contribution in [-0.4, -0.2) is 0 Å². The van der Waals surface area contributed by atoms with Crippen molar-refractivity contribution in [2.45, 2.75) is 0 Å². The van der Waals surface area contributed by atoms with E-state index in [1.165, 1.54) is 102 Å². The van der Waals surface area contributed by atoms with E-state index in [2.05, 4.69) is 229 Å². The van der Waals surface area contributed by atoms with Gasteiger partial charge in [-0.1, -0.05) is 170 Å². The quantitative estimate of drug-likeness (QED) is 0.152. The molecule has 0 aliphatic heterocycles. The van der Waals surface area contributed by atoms with Gasteiger partial charge in [-0.05, 0) is 131 Å². The second kappa shape index (κ2) is 14.1. The van der Waals surface area contributed by atoms with E-state index in [9.17, 15) is 0 Å². The Hall–Kier alpha value is -7.52. The summed E-state index contributed by atoms with van der Waals surface area (Å²) < 4.78 is 2.58. The van der Waals surface area contributed by atoms with E-state index in [1.54, 1.807) is 0 Å². The van der Waals surface area contributed by atoms with Crippen molar-refractivity contribution in [1.82, 2.24) is 0 Å². The molecule has 0 N–H and O–H groups in total. The zero-order chi connectivity index (χ0) is 39.6. The number of hydrogen-bond donors (Lipinski definition) is 0. The Bertz CT molecular complexity index is 3570. The van der Waals surface area contributed by atoms with E-state index in [4.69, 9.17) is 0 Å². The molecule has 1 aromatic heterocycles. The van der Waals surface area contributed by atoms with E-state index in [0.29, 0.717) is 0 Å². The maximum absolute atomic E-state index is 2.45. The third-order valence-corrected chi connectivity index (χ3v) is 13.4. The molecular formula is C58H37NS. The van der Waals surface area contributed by atoms with Crippen LogP contribution < -0.4 is 4.90 Å². The molecule has 12 aromatic rings. The predicted molar refractivity (Wildman–Crippen MR) is 260 cm³/mol. The van der Waals surface area contributed by atoms with E-state index >= 15 is 0 Å². The monoisotopic (exact) mass is 779 g/mol. The predicted octanol–water partition coefficient (Wildman–Crippen LogP) is 17.1. The van der Waals surface area contributed by atoms with Crippen molar-refractivity contribution in [2.75, 3.05) is 4.90 Å². The number of anilines is 3. The zero-order valence-electron chi connectivity index (χ0n) is 32.7. The fourth-order valence-corrected chi connectivity index (χ4v) is 10.6. The smallest absolute Gasteiger partial charge is 0.0554 e. The maximum atomic E-state index is 2.45. The van der Waals surface area contributed by atoms with Gasteiger partial charge in [-0.2, -0.15) is 0 Å². The number of thiophene rings is 1. The molecule has 0 unspecified atom stereocenters. The molecule has 0 amide bonds. The van der Waals surface area contributed by atoms with Crippen molar-refractivity contribution in [3.63, 3.8) is 0 Å². The molecule has 0 bridgehead atoms. The Balaban J connectivity index is 0.997. The Morgan fingerprint density at radius 1 is 0.283 bits per heavy atom. The topological polar surface area (TPSA) is 3.24 Å². The molecule has 0 atom stereocenters. The van der Waals surface area contributed by atoms with Crippen LogP contribution in [0.2, 0.25) is 0 Å². The van der Waals surface area contributed by atoms with E-state index < -0.39 is 0 Å². The van der Waals surface area contributed by atoms with Gasteiger partial charge in [0.2, 0.25) is 0 Å². The minimum absolute atomic E-state index is 1.11. The lowest BCUT2D eigenvalue weighted by atomic mass is 9.92. The fourth-order valence-electron chi connectivity index (χ4n) is 9.43. The molecule has 0 aliphatic rings. The first-order valence-electron chi connectivity index (χ1n) is 20.6. The van der Waals surface area contributed by atoms with Gasteiger partial charge in [0.25, 0.3) is 0 Å². The third kappa shape index (κ3) is 5.68. The minimum Gasteiger partial charge on any atom is -0.310 e. The minimum atomic E-state index is 1.11. The molecule has 280 valence electrons. The van der Waals surface area contributed by atoms with Gasteiger partial charge in [-0.3, -0.25) is 0 Å². The van der Waals surface area contributed by atoms with Crippen molar-refractivity contribution in [3.8, 4) is 33.4 Å². The molecule has 0 spiro atoms. The average molecular weight is 780 g/mol. The first kappa shape index (κ1) is 34.5. The van der Waals surface area contributed by atoms with Gasteiger partial charge in [0, 0.05) is 31.5 Å². The highest BCUT2D eigenvalue weighted by molar-refractivity contribution is 7.26. The van der Waals surface area contributed by atoms with E-state index in [0.717, 1.165) is 11.4 Å². The molecular weight excluding hydrogens is 743 g/mol. The summed E-state index contributed by atoms with van der Waals surface area (Å²) in [5.41, 5.74) is 10.6. The Labute approximate surface area is 352 Å². The van der Waals surface area contributed by atoms with Crippen molar-refractivity contribution >= 4 is 91.7 Å². The van der Waals surface area contributed by atoms with Gasteiger partial charge in [-0.15, -0.1) is 11.3 Å². The van der Waals surface area contributed by atoms with E-state index in [1.807, 2.05) is 11.3 Å². The van der Waals surface area contributed by atoms with Crippen molar-refractivity contribution in [2.24, 2.45) is 0 Å². The summed E-state index contributed by atoms with van der Waals surface area (Å²) in [7, 11) is 0. The van der Waals surface area contributed by atoms with Gasteiger partial charge in [0.1, 0.15) is 0 Å². The van der Waals surface area contributed by atoms with Crippen LogP contribution in [0.3, 0.4) is 0 Å². The molecule has 60 heavy (non-hydrogen) atoms. The number of benzene rings is 11. The normalized spacial score (nSPS) is 11.7. The molecule has 0 aliphatic carbocycles. The lowest BCUT2D eigenvalue weighted by Crippen LogP contribution is -2.10. The van der Waals surface area contributed by atoms with Crippen LogP contribution in [0.15, 0.2) is 224 Å². The maximum Gasteiger partial charge on any atom is 0.0554 e. The van der Waals surface area contributed by atoms with Crippen LogP contribution in [0.25, 0.3) is 96.6 Å². The van der Waals surface area contributed by atoms with Gasteiger partial charge in [0.05, 0.1) is 5.69 Å². The molecule has 0 fully saturated rings. The lowest BCUT2D eigenvalue weighted by Gasteiger charge is -2.27. The second-order valence-electron chi connectivity index (χ2n) is 15.6. The van der Waals surface area contributed by atoms with Crippen LogP contribution >= 0.6 is 11.3 Å². The Kier molecular flexibility index (Phi) is 8.11. The Morgan fingerprint density at radius 2 is 0.817 bits per heavy atom. The number of nitrogens with zero attached hydrogens (tertiary/aromatic N) is 1. The average Bonchev–Trinajstić information content (AvgIpc) is 3.71. The first-order valence-corrected chi connectivity index (χ1v) is 21.4. The summed E-state index contributed by atoms with van der Waals surface area (Å²) >= 11 is 1.86. The molecule has 0 saturated carbocycles. The largest absolute Gasteiger partial charge is 0.310 e. The SMILES string of the molecule is c1cc(-c2cccc(N(c3ccc(-c4ccc5c6ccccc6c6ccccc6c5c4)cc3)c3cccc4sc5ccccc5c34)c2)cc(-c2cccc3ccccc23)c1. The van der Waals surface area contributed by atoms with Gasteiger partial charge in [0.15, 0.2) is 0 Å². The van der Waals surface area contributed by atoms with Crippen molar-refractivity contribution < 1.29 is 0 Å². The molecule has 0 saturated heterocycles. The number of rotatable bonds is 6. The third-order valence-electron chi connectivity index (χ3n) is 12.2. The van der Waals surface area contributed by atoms with Crippen molar-refractivity contribution in [1.29, 1.82) is 0 Å². The van der Waals surface area contributed by atoms with Crippen molar-refractivity contribution in [3.05, 3.63) is 224 Å². The summed E-state index contributed by atoms with van der Waals surface area (Å²) in [4.78, 5) is 2.45. The molecule has 0 radical (unpaired) electrons. The lowest BCUT2D eigenvalue weighted by molar-refractivity contribution is 1.30. The van der Waals surface area contributed by atoms with Gasteiger partial charge >= 0.3 is 0 Å².